The summed E-state index contributed by atoms with van der Waals surface area (Å²) < 4.78 is 7.69. The predicted octanol–water partition coefficient (Wildman–Crippen LogP) is 0.918. The number of carbonyl (C=O) groups is 2. The number of nitrogens with two attached hydrogens (primary N) is 1. The van der Waals surface area contributed by atoms with Crippen molar-refractivity contribution in [2.24, 2.45) is 17.6 Å². The summed E-state index contributed by atoms with van der Waals surface area (Å²) >= 11 is 0. The number of likely N-dealkylation sites (N-methyl/N-ethyl adjacent to an activating group) is 1. The molecule has 37 heavy (non-hydrogen) atoms. The van der Waals surface area contributed by atoms with Gasteiger partial charge in [-0.25, -0.2) is 5.01 Å². The Labute approximate surface area is 216 Å². The van der Waals surface area contributed by atoms with E-state index in [-0.39, 0.29) is 23.3 Å². The molecule has 0 aromatic heterocycles. The number of amides is 1. The summed E-state index contributed by atoms with van der Waals surface area (Å²) in [5.74, 6) is -4.73. The zero-order chi connectivity index (χ0) is 28.1. The van der Waals surface area contributed by atoms with E-state index in [0.29, 0.717) is 31.6 Å². The number of aromatic hydroxyl groups is 1. The molecule has 3 aliphatic rings. The quantitative estimate of drug-likeness (QED) is 0.261. The van der Waals surface area contributed by atoms with E-state index in [2.05, 4.69) is 10.8 Å². The number of rotatable bonds is 7. The van der Waals surface area contributed by atoms with Crippen LogP contribution < -0.4 is 11.2 Å². The van der Waals surface area contributed by atoms with Crippen LogP contribution >= 0.6 is 0 Å². The summed E-state index contributed by atoms with van der Waals surface area (Å²) in [6.07, 6.45) is 0.417. The number of hydrogen-bond acceptors (Lipinski definition) is 10. The Bertz CT molecular complexity index is 1270. The number of allylic oxidation sites excluding steroid dienone is 1. The lowest BCUT2D eigenvalue weighted by Crippen LogP contribution is -2.63. The lowest BCUT2D eigenvalue weighted by Gasteiger charge is -2.51. The van der Waals surface area contributed by atoms with Crippen molar-refractivity contribution in [2.75, 3.05) is 27.2 Å². The number of phenols is 1. The maximum absolute atomic E-state index is 13.9. The number of fused-ring (bicyclic) bond motifs is 3. The Hall–Kier alpha value is -3.25. The van der Waals surface area contributed by atoms with Gasteiger partial charge in [-0.1, -0.05) is 19.9 Å². The molecule has 1 aromatic rings. The molecule has 0 saturated heterocycles. The van der Waals surface area contributed by atoms with E-state index in [0.717, 1.165) is 5.56 Å². The molecule has 4 rings (SSSR count). The first kappa shape index (κ1) is 25.4. The molecule has 0 aliphatic heterocycles. The largest absolute Gasteiger partial charge is 0.510 e. The Morgan fingerprint density at radius 3 is 2.57 bits per heavy atom. The fraction of sp³-hybridized carbons (Fsp3) is 0.500. The lowest BCUT2D eigenvalue weighted by molar-refractivity contribution is -0.114. The Balaban J connectivity index is 1.92. The van der Waals surface area contributed by atoms with Gasteiger partial charge in [0.2, 0.25) is 0 Å². The molecule has 11 heteroatoms. The maximum atomic E-state index is 13.9. The fourth-order valence-corrected chi connectivity index (χ4v) is 6.19. The van der Waals surface area contributed by atoms with E-state index in [9.17, 15) is 30.0 Å². The van der Waals surface area contributed by atoms with E-state index < -0.39 is 58.0 Å². The number of nitrogens with zero attached hydrogens (tertiary/aromatic N) is 2. The predicted molar refractivity (Wildman–Crippen MR) is 136 cm³/mol. The third-order valence-corrected chi connectivity index (χ3v) is 7.85. The van der Waals surface area contributed by atoms with Crippen LogP contribution in [0, 0.1) is 17.2 Å². The average molecular weight is 514 g/mol. The summed E-state index contributed by atoms with van der Waals surface area (Å²) in [6, 6.07) is 2.26. The topological polar surface area (TPSA) is 183 Å². The number of hydrazine groups is 1. The standard InChI is InChI=1S/C26H35N5O6/c1-5-29-31(6-2)11-12-7-8-16(32)18-14(12)9-13-10-15-20(30(3)4)22(34)19(25(28)36)23(27)26(15,37)24(35)17(13)21(18)33/h7-8,13,15,20,27,29,32,34-35,37H,5-6,9-11H2,1-4H3,(H2,28,36)/b27-23-/t13-,15-,20-,26+/m0/s1. The number of benzene rings is 1. The Morgan fingerprint density at radius 2 is 2.00 bits per heavy atom. The van der Waals surface area contributed by atoms with Crippen LogP contribution in [0.1, 0.15) is 41.8 Å². The molecule has 0 radical (unpaired) electrons. The first-order chi connectivity index (χ1) is 17.9. The average Bonchev–Trinajstić information content (AvgIpc) is 2.85. The van der Waals surface area contributed by atoms with E-state index in [1.54, 1.807) is 25.1 Å². The normalized spacial score (nSPS) is 28.9. The molecule has 4 atom stereocenters. The minimum Gasteiger partial charge on any atom is -0.510 e. The molecule has 0 fully saturated rings. The highest BCUT2D eigenvalue weighted by atomic mass is 16.3. The van der Waals surface area contributed by atoms with Crippen LogP contribution in [0.5, 0.6) is 5.75 Å². The van der Waals surface area contributed by atoms with Gasteiger partial charge in [0.15, 0.2) is 12.8 Å². The molecule has 1 amide bonds. The third kappa shape index (κ3) is 3.93. The van der Waals surface area contributed by atoms with Crippen LogP contribution in [0.3, 0.4) is 0 Å². The molecule has 1 aromatic carbocycles. The Morgan fingerprint density at radius 1 is 1.30 bits per heavy atom. The second kappa shape index (κ2) is 9.56. The number of carbonyl (C=O) groups excluding carboxylic acids is 2. The molecule has 0 heterocycles. The van der Waals surface area contributed by atoms with Crippen LogP contribution in [0.25, 0.3) is 0 Å². The number of phenolic OH excluding ortho intramolecular Hbond substituents is 1. The third-order valence-electron chi connectivity index (χ3n) is 7.85. The summed E-state index contributed by atoms with van der Waals surface area (Å²) in [4.78, 5) is 27.7. The van der Waals surface area contributed by atoms with Gasteiger partial charge < -0.3 is 31.6 Å². The van der Waals surface area contributed by atoms with Crippen LogP contribution in [0.15, 0.2) is 34.8 Å². The van der Waals surface area contributed by atoms with E-state index in [1.165, 1.54) is 6.07 Å². The van der Waals surface area contributed by atoms with E-state index in [4.69, 9.17) is 7.15 Å². The highest BCUT2D eigenvalue weighted by Crippen LogP contribution is 2.52. The van der Waals surface area contributed by atoms with Crippen molar-refractivity contribution in [3.63, 3.8) is 0 Å². The number of ketones is 1. The van der Waals surface area contributed by atoms with Gasteiger partial charge in [-0.15, -0.1) is 0 Å². The molecule has 200 valence electrons. The minimum atomic E-state index is -2.43. The van der Waals surface area contributed by atoms with Crippen molar-refractivity contribution < 1.29 is 31.4 Å². The van der Waals surface area contributed by atoms with Crippen molar-refractivity contribution in [1.29, 1.82) is 5.40 Å². The van der Waals surface area contributed by atoms with Crippen LogP contribution in [-0.2, 0) is 17.8 Å². The van der Waals surface area contributed by atoms with E-state index in [1.807, 2.05) is 18.9 Å². The highest BCUT2D eigenvalue weighted by molar-refractivity contribution is 6.26. The monoisotopic (exact) mass is 513 g/mol. The maximum Gasteiger partial charge on any atom is 0.254 e. The molecule has 11 nitrogen and oxygen atoms in total. The van der Waals surface area contributed by atoms with Crippen LogP contribution in [0.2, 0.25) is 1.41 Å². The molecular weight excluding hydrogens is 478 g/mol. The van der Waals surface area contributed by atoms with Crippen LogP contribution in [-0.4, -0.2) is 86.6 Å². The van der Waals surface area contributed by atoms with Crippen molar-refractivity contribution in [3.8, 4) is 5.75 Å². The molecule has 0 spiro atoms. The summed E-state index contributed by atoms with van der Waals surface area (Å²) in [6.45, 7) is 5.88. The van der Waals surface area contributed by atoms with Gasteiger partial charge in [-0.05, 0) is 50.0 Å². The van der Waals surface area contributed by atoms with Crippen molar-refractivity contribution in [1.82, 2.24) is 15.3 Å². The second-order valence-corrected chi connectivity index (χ2v) is 10.1. The Kier molecular flexibility index (Phi) is 6.57. The van der Waals surface area contributed by atoms with Crippen molar-refractivity contribution in [2.45, 2.75) is 44.9 Å². The zero-order valence-electron chi connectivity index (χ0n) is 22.4. The fourth-order valence-electron chi connectivity index (χ4n) is 6.19. The molecule has 0 unspecified atom stereocenters. The summed E-state index contributed by atoms with van der Waals surface area (Å²) in [7, 11) is 3.27. The molecule has 3 aliphatic carbocycles. The summed E-state index contributed by atoms with van der Waals surface area (Å²) in [5.41, 5.74) is 6.58. The van der Waals surface area contributed by atoms with Gasteiger partial charge in [-0.2, -0.15) is 0 Å². The van der Waals surface area contributed by atoms with Gasteiger partial charge in [0.25, 0.3) is 5.91 Å². The first-order valence-corrected chi connectivity index (χ1v) is 12.4. The summed E-state index contributed by atoms with van der Waals surface area (Å²) in [5, 5.41) is 50.5. The lowest BCUT2D eigenvalue weighted by atomic mass is 9.58. The smallest absolute Gasteiger partial charge is 0.254 e. The second-order valence-electron chi connectivity index (χ2n) is 10.1. The molecule has 0 bridgehead atoms. The van der Waals surface area contributed by atoms with Gasteiger partial charge in [0.1, 0.15) is 22.8 Å². The molecule has 8 N–H and O–H groups in total. The zero-order valence-corrected chi connectivity index (χ0v) is 21.4. The molecular formula is C26H35N5O6. The SMILES string of the molecule is [H]/N=C1/C(C(N)=O)=C(O)[C@@H](N(C)C)[C@@H]2C[C@@H]3Cc4c(CN(CC)NCC)ccc(O)c4C(=O)C3=C(O)[C@]12O. The molecule has 0 saturated carbocycles. The number of aliphatic hydroxyl groups excluding tert-OH is 2. The first-order valence-electron chi connectivity index (χ1n) is 12.8. The van der Waals surface area contributed by atoms with Gasteiger partial charge in [0, 0.05) is 31.1 Å². The number of nitrogens with one attached hydrogen (secondary N) is 2. The van der Waals surface area contributed by atoms with Crippen molar-refractivity contribution >= 4 is 17.4 Å². The number of Topliss-reactive ketones (excluding diaryl/α,β-unsaturated/α-hetero) is 1. The van der Waals surface area contributed by atoms with Crippen LogP contribution in [0.4, 0.5) is 0 Å². The van der Waals surface area contributed by atoms with Crippen molar-refractivity contribution in [3.05, 3.63) is 51.5 Å². The minimum absolute atomic E-state index is 0.0488. The number of primary amides is 1. The number of aliphatic hydroxyl groups is 3. The number of hydrogen-bond donors (Lipinski definition) is 7. The highest BCUT2D eigenvalue weighted by Gasteiger charge is 2.61. The van der Waals surface area contributed by atoms with Gasteiger partial charge in [-0.3, -0.25) is 19.9 Å². The van der Waals surface area contributed by atoms with Gasteiger partial charge in [0.05, 0.1) is 17.3 Å². The van der Waals surface area contributed by atoms with Gasteiger partial charge >= 0.3 is 0 Å². The van der Waals surface area contributed by atoms with E-state index >= 15 is 0 Å².